The van der Waals surface area contributed by atoms with Crippen molar-refractivity contribution in [2.24, 2.45) is 10.7 Å². The molecule has 5 aromatic rings. The van der Waals surface area contributed by atoms with Gasteiger partial charge in [-0.05, 0) is 75.6 Å². The Morgan fingerprint density at radius 3 is 2.44 bits per heavy atom. The van der Waals surface area contributed by atoms with E-state index >= 15 is 0 Å². The lowest BCUT2D eigenvalue weighted by molar-refractivity contribution is -0.132. The van der Waals surface area contributed by atoms with Gasteiger partial charge in [0, 0.05) is 51.3 Å². The van der Waals surface area contributed by atoms with Gasteiger partial charge in [-0.2, -0.15) is 0 Å². The molecule has 3 aromatic heterocycles. The predicted octanol–water partition coefficient (Wildman–Crippen LogP) is 6.18. The summed E-state index contributed by atoms with van der Waals surface area (Å²) in [5, 5.41) is 13.7. The Balaban J connectivity index is 1.03. The first-order valence-corrected chi connectivity index (χ1v) is 17.7. The average molecular weight is 706 g/mol. The largest absolute Gasteiger partial charge is 0.451 e. The lowest BCUT2D eigenvalue weighted by Crippen LogP contribution is -2.46. The second-order valence-electron chi connectivity index (χ2n) is 12.5. The number of hydrogen-bond acceptors (Lipinski definition) is 8. The molecular formula is C38H36ClN7O3S. The van der Waals surface area contributed by atoms with Crippen LogP contribution in [-0.2, 0) is 4.79 Å². The van der Waals surface area contributed by atoms with E-state index in [2.05, 4.69) is 45.8 Å². The zero-order chi connectivity index (χ0) is 34.9. The maximum absolute atomic E-state index is 13.8. The summed E-state index contributed by atoms with van der Waals surface area (Å²) in [6.45, 7) is 7.48. The highest BCUT2D eigenvalue weighted by Crippen LogP contribution is 2.40. The number of nitrogens with two attached hydrogens (primary N) is 1. The fraction of sp³-hybridized carbons (Fsp3) is 0.289. The second kappa shape index (κ2) is 14.1. The summed E-state index contributed by atoms with van der Waals surface area (Å²) in [7, 11) is 0. The molecule has 1 fully saturated rings. The van der Waals surface area contributed by atoms with E-state index in [-0.39, 0.29) is 30.0 Å². The van der Waals surface area contributed by atoms with Crippen LogP contribution in [0, 0.1) is 32.6 Å². The molecule has 254 valence electrons. The van der Waals surface area contributed by atoms with Gasteiger partial charge < -0.3 is 20.4 Å². The molecule has 1 saturated heterocycles. The van der Waals surface area contributed by atoms with E-state index < -0.39 is 6.04 Å². The number of aliphatic imine (C=N–C) groups is 1. The number of aryl methyl sites for hydroxylation is 2. The Labute approximate surface area is 299 Å². The van der Waals surface area contributed by atoms with Crippen LogP contribution in [0.1, 0.15) is 74.6 Å². The number of amides is 2. The highest BCUT2D eigenvalue weighted by atomic mass is 35.5. The number of carbonyl (C=O) groups excluding carboxylic acids is 2. The molecule has 2 aliphatic rings. The number of likely N-dealkylation sites (tertiary alicyclic amines) is 1. The van der Waals surface area contributed by atoms with Crippen molar-refractivity contribution < 1.29 is 14.0 Å². The van der Waals surface area contributed by atoms with E-state index in [0.717, 1.165) is 44.4 Å². The van der Waals surface area contributed by atoms with E-state index in [9.17, 15) is 9.59 Å². The normalized spacial score (nSPS) is 15.7. The van der Waals surface area contributed by atoms with E-state index in [1.165, 1.54) is 4.88 Å². The summed E-state index contributed by atoms with van der Waals surface area (Å²) in [6, 6.07) is 18.1. The van der Waals surface area contributed by atoms with E-state index in [1.807, 2.05) is 60.4 Å². The summed E-state index contributed by atoms with van der Waals surface area (Å²) in [5.41, 5.74) is 11.1. The highest BCUT2D eigenvalue weighted by Gasteiger charge is 2.34. The molecule has 50 heavy (non-hydrogen) atoms. The minimum Gasteiger partial charge on any atom is -0.451 e. The maximum atomic E-state index is 13.8. The predicted molar refractivity (Wildman–Crippen MR) is 195 cm³/mol. The minimum absolute atomic E-state index is 0.0138. The van der Waals surface area contributed by atoms with Gasteiger partial charge in [-0.15, -0.1) is 21.5 Å². The third kappa shape index (κ3) is 6.62. The molecule has 7 rings (SSSR count). The molecule has 3 N–H and O–H groups in total. The first-order valence-electron chi connectivity index (χ1n) is 16.5. The van der Waals surface area contributed by atoms with Crippen LogP contribution in [0.2, 0.25) is 5.02 Å². The molecule has 0 bridgehead atoms. The van der Waals surface area contributed by atoms with Crippen LogP contribution in [0.3, 0.4) is 0 Å². The molecule has 1 atom stereocenters. The van der Waals surface area contributed by atoms with Crippen LogP contribution in [0.4, 0.5) is 0 Å². The van der Waals surface area contributed by atoms with Gasteiger partial charge in [0.1, 0.15) is 22.6 Å². The van der Waals surface area contributed by atoms with Crippen molar-refractivity contribution in [2.75, 3.05) is 19.6 Å². The third-order valence-electron chi connectivity index (χ3n) is 9.24. The Hall–Kier alpha value is -5.02. The number of piperidine rings is 1. The summed E-state index contributed by atoms with van der Waals surface area (Å²) < 4.78 is 7.95. The van der Waals surface area contributed by atoms with Gasteiger partial charge in [0.25, 0.3) is 5.91 Å². The van der Waals surface area contributed by atoms with Crippen molar-refractivity contribution in [1.82, 2.24) is 25.0 Å². The maximum Gasteiger partial charge on any atom is 0.287 e. The van der Waals surface area contributed by atoms with Crippen molar-refractivity contribution in [3.63, 3.8) is 0 Å². The SMILES string of the molecule is Cc1sc2c(c1C)C(c1ccc(Cl)cc1)=N[C@@H](CC(=O)N1CCC(NC(=O)c3ccc(-c4ccc(C#CCN)cc4)o3)CC1)c1nnc(C)n1-2. The van der Waals surface area contributed by atoms with E-state index in [1.54, 1.807) is 23.5 Å². The number of aromatic nitrogens is 3. The van der Waals surface area contributed by atoms with Crippen LogP contribution in [0.15, 0.2) is 70.1 Å². The monoisotopic (exact) mass is 705 g/mol. The summed E-state index contributed by atoms with van der Waals surface area (Å²) in [6.07, 6.45) is 1.41. The van der Waals surface area contributed by atoms with Gasteiger partial charge in [0.15, 0.2) is 11.6 Å². The number of benzene rings is 2. The smallest absolute Gasteiger partial charge is 0.287 e. The van der Waals surface area contributed by atoms with E-state index in [0.29, 0.717) is 49.1 Å². The quantitative estimate of drug-likeness (QED) is 0.203. The number of furan rings is 1. The van der Waals surface area contributed by atoms with Crippen LogP contribution < -0.4 is 11.1 Å². The van der Waals surface area contributed by atoms with Crippen molar-refractivity contribution in [3.05, 3.63) is 110 Å². The number of nitrogens with one attached hydrogen (secondary N) is 1. The summed E-state index contributed by atoms with van der Waals surface area (Å²) in [4.78, 5) is 35.2. The molecule has 0 aliphatic carbocycles. The lowest BCUT2D eigenvalue weighted by Gasteiger charge is -2.32. The molecule has 2 aliphatic heterocycles. The molecule has 0 saturated carbocycles. The van der Waals surface area contributed by atoms with Crippen molar-refractivity contribution in [1.29, 1.82) is 0 Å². The molecule has 12 heteroatoms. The third-order valence-corrected chi connectivity index (χ3v) is 10.7. The Morgan fingerprint density at radius 1 is 1.00 bits per heavy atom. The molecule has 0 unspecified atom stereocenters. The van der Waals surface area contributed by atoms with Crippen LogP contribution in [0.5, 0.6) is 0 Å². The fourth-order valence-electron chi connectivity index (χ4n) is 6.44. The molecule has 2 amide bonds. The number of fused-ring (bicyclic) bond motifs is 3. The van der Waals surface area contributed by atoms with E-state index in [4.69, 9.17) is 26.7 Å². The number of nitrogens with zero attached hydrogens (tertiary/aromatic N) is 5. The summed E-state index contributed by atoms with van der Waals surface area (Å²) >= 11 is 7.92. The Bertz CT molecular complexity index is 2160. The van der Waals surface area contributed by atoms with Crippen LogP contribution >= 0.6 is 22.9 Å². The molecule has 0 spiro atoms. The number of hydrogen-bond donors (Lipinski definition) is 2. The summed E-state index contributed by atoms with van der Waals surface area (Å²) in [5.74, 6) is 7.78. The average Bonchev–Trinajstić information content (AvgIpc) is 3.82. The van der Waals surface area contributed by atoms with Crippen LogP contribution in [0.25, 0.3) is 16.3 Å². The zero-order valence-electron chi connectivity index (χ0n) is 28.0. The standard InChI is InChI=1S/C38H36ClN7O3S/c1-22-23(2)50-38-34(22)35(27-10-12-28(39)13-11-27)42-30(36-44-43-24(3)46(36)38)21-33(47)45-19-16-29(17-20-45)41-37(48)32-15-14-31(49-32)26-8-6-25(7-9-26)5-4-18-40/h6-15,29-30H,16-21,40H2,1-3H3,(H,41,48)/t30-/m0/s1. The second-order valence-corrected chi connectivity index (χ2v) is 14.1. The van der Waals surface area contributed by atoms with Gasteiger partial charge in [0.05, 0.1) is 18.7 Å². The number of rotatable bonds is 6. The highest BCUT2D eigenvalue weighted by molar-refractivity contribution is 7.15. The van der Waals surface area contributed by atoms with Gasteiger partial charge in [-0.3, -0.25) is 19.1 Å². The topological polar surface area (TPSA) is 132 Å². The Kier molecular flexibility index (Phi) is 9.42. The molecule has 2 aromatic carbocycles. The minimum atomic E-state index is -0.533. The number of thiophene rings is 1. The van der Waals surface area contributed by atoms with Gasteiger partial charge >= 0.3 is 0 Å². The number of carbonyl (C=O) groups is 2. The molecule has 5 heterocycles. The van der Waals surface area contributed by atoms with Crippen molar-refractivity contribution in [2.45, 2.75) is 52.1 Å². The number of halogens is 1. The first-order chi connectivity index (χ1) is 24.2. The van der Waals surface area contributed by atoms with Crippen LogP contribution in [-0.4, -0.2) is 62.9 Å². The zero-order valence-corrected chi connectivity index (χ0v) is 29.6. The fourth-order valence-corrected chi connectivity index (χ4v) is 7.78. The van der Waals surface area contributed by atoms with Crippen molar-refractivity contribution in [3.8, 4) is 28.2 Å². The Morgan fingerprint density at radius 2 is 1.72 bits per heavy atom. The van der Waals surface area contributed by atoms with Gasteiger partial charge in [0.2, 0.25) is 5.91 Å². The van der Waals surface area contributed by atoms with Crippen molar-refractivity contribution >= 4 is 40.5 Å². The molecular weight excluding hydrogens is 670 g/mol. The molecule has 10 nitrogen and oxygen atoms in total. The first kappa shape index (κ1) is 33.5. The van der Waals surface area contributed by atoms with Gasteiger partial charge in [-0.1, -0.05) is 47.7 Å². The molecule has 0 radical (unpaired) electrons. The lowest BCUT2D eigenvalue weighted by atomic mass is 9.99. The van der Waals surface area contributed by atoms with Gasteiger partial charge in [-0.25, -0.2) is 0 Å².